The zero-order valence-electron chi connectivity index (χ0n) is 11.6. The van der Waals surface area contributed by atoms with E-state index in [4.69, 9.17) is 10.3 Å². The number of amides is 1. The van der Waals surface area contributed by atoms with E-state index < -0.39 is 5.91 Å². The van der Waals surface area contributed by atoms with Crippen LogP contribution in [0.25, 0.3) is 0 Å². The van der Waals surface area contributed by atoms with Crippen LogP contribution >= 0.6 is 0 Å². The van der Waals surface area contributed by atoms with E-state index in [2.05, 4.69) is 4.98 Å². The van der Waals surface area contributed by atoms with Gasteiger partial charge in [-0.05, 0) is 26.8 Å². The fraction of sp³-hybridized carbons (Fsp3) is 0.308. The van der Waals surface area contributed by atoms with E-state index >= 15 is 0 Å². The molecule has 1 amide bonds. The van der Waals surface area contributed by atoms with Gasteiger partial charge in [-0.3, -0.25) is 19.6 Å². The molecule has 2 heterocycles. The van der Waals surface area contributed by atoms with Gasteiger partial charge in [0.05, 0.1) is 12.1 Å². The molecule has 0 radical (unpaired) electrons. The van der Waals surface area contributed by atoms with Crippen molar-refractivity contribution in [3.63, 3.8) is 0 Å². The van der Waals surface area contributed by atoms with Crippen molar-refractivity contribution in [3.05, 3.63) is 51.1 Å². The van der Waals surface area contributed by atoms with Crippen molar-refractivity contribution >= 4 is 5.91 Å². The molecule has 3 N–H and O–H groups in total. The predicted octanol–water partition coefficient (Wildman–Crippen LogP) is 0.413. The number of hydrazine groups is 1. The Bertz CT molecular complexity index is 715. The minimum absolute atomic E-state index is 0.158. The topological polar surface area (TPSA) is 103 Å². The van der Waals surface area contributed by atoms with Crippen LogP contribution in [0.5, 0.6) is 0 Å². The average molecular weight is 276 g/mol. The predicted molar refractivity (Wildman–Crippen MR) is 72.2 cm³/mol. The maximum absolute atomic E-state index is 11.9. The number of rotatable bonds is 3. The van der Waals surface area contributed by atoms with Gasteiger partial charge in [0.25, 0.3) is 11.5 Å². The van der Waals surface area contributed by atoms with Crippen molar-refractivity contribution in [3.8, 4) is 0 Å². The first-order valence-electron chi connectivity index (χ1n) is 6.07. The smallest absolute Gasteiger partial charge is 0.268 e. The fourth-order valence-electron chi connectivity index (χ4n) is 2.04. The van der Waals surface area contributed by atoms with E-state index in [1.54, 1.807) is 26.8 Å². The minimum Gasteiger partial charge on any atom is -0.464 e. The molecule has 0 saturated carbocycles. The molecule has 0 aliphatic rings. The van der Waals surface area contributed by atoms with Crippen molar-refractivity contribution < 1.29 is 9.21 Å². The molecule has 106 valence electrons. The van der Waals surface area contributed by atoms with E-state index in [0.29, 0.717) is 28.6 Å². The van der Waals surface area contributed by atoms with Crippen LogP contribution in [0, 0.1) is 20.8 Å². The Morgan fingerprint density at radius 3 is 2.70 bits per heavy atom. The molecule has 0 spiro atoms. The lowest BCUT2D eigenvalue weighted by Gasteiger charge is -2.07. The lowest BCUT2D eigenvalue weighted by atomic mass is 10.2. The van der Waals surface area contributed by atoms with Crippen molar-refractivity contribution in [2.24, 2.45) is 5.84 Å². The van der Waals surface area contributed by atoms with Gasteiger partial charge in [0.1, 0.15) is 17.3 Å². The molecule has 0 saturated heterocycles. The number of carbonyl (C=O) groups excluding carboxylic acids is 1. The fourth-order valence-corrected chi connectivity index (χ4v) is 2.04. The number of nitrogens with one attached hydrogen (secondary N) is 1. The van der Waals surface area contributed by atoms with Crippen molar-refractivity contribution in [2.45, 2.75) is 27.3 Å². The van der Waals surface area contributed by atoms with Gasteiger partial charge < -0.3 is 4.42 Å². The molecule has 7 heteroatoms. The Kier molecular flexibility index (Phi) is 3.71. The van der Waals surface area contributed by atoms with Crippen LogP contribution in [0.15, 0.2) is 21.3 Å². The lowest BCUT2D eigenvalue weighted by Crippen LogP contribution is -2.30. The largest absolute Gasteiger partial charge is 0.464 e. The second-order valence-corrected chi connectivity index (χ2v) is 4.53. The van der Waals surface area contributed by atoms with E-state index in [9.17, 15) is 9.59 Å². The summed E-state index contributed by atoms with van der Waals surface area (Å²) in [6, 6.07) is 3.03. The highest BCUT2D eigenvalue weighted by molar-refractivity contribution is 5.94. The Labute approximate surface area is 115 Å². The third kappa shape index (κ3) is 2.62. The number of carbonyl (C=O) groups is 1. The second kappa shape index (κ2) is 5.30. The Morgan fingerprint density at radius 2 is 2.10 bits per heavy atom. The van der Waals surface area contributed by atoms with Gasteiger partial charge in [-0.1, -0.05) is 0 Å². The van der Waals surface area contributed by atoms with Crippen LogP contribution in [0.4, 0.5) is 0 Å². The van der Waals surface area contributed by atoms with E-state index in [0.717, 1.165) is 0 Å². The molecular weight excluding hydrogens is 260 g/mol. The van der Waals surface area contributed by atoms with Gasteiger partial charge >= 0.3 is 0 Å². The number of nitrogen functional groups attached to an aromatic ring is 1. The molecule has 0 aliphatic heterocycles. The number of hydrogen-bond acceptors (Lipinski definition) is 5. The Hall–Kier alpha value is -2.41. The van der Waals surface area contributed by atoms with Gasteiger partial charge in [0.15, 0.2) is 0 Å². The number of aromatic nitrogens is 2. The quantitative estimate of drug-likeness (QED) is 0.480. The lowest BCUT2D eigenvalue weighted by molar-refractivity contribution is 0.0952. The van der Waals surface area contributed by atoms with Crippen molar-refractivity contribution in [1.29, 1.82) is 0 Å². The van der Waals surface area contributed by atoms with Gasteiger partial charge in [-0.2, -0.15) is 0 Å². The van der Waals surface area contributed by atoms with Crippen LogP contribution < -0.4 is 16.8 Å². The Balaban J connectivity index is 2.37. The first-order chi connectivity index (χ1) is 9.42. The number of nitrogens with zero attached hydrogens (tertiary/aromatic N) is 2. The van der Waals surface area contributed by atoms with Crippen LogP contribution in [-0.2, 0) is 6.54 Å². The average Bonchev–Trinajstić information content (AvgIpc) is 2.74. The minimum atomic E-state index is -0.427. The zero-order valence-corrected chi connectivity index (χ0v) is 11.6. The summed E-state index contributed by atoms with van der Waals surface area (Å²) in [7, 11) is 0. The van der Waals surface area contributed by atoms with Gasteiger partial charge in [0.2, 0.25) is 0 Å². The van der Waals surface area contributed by atoms with Crippen LogP contribution in [0.2, 0.25) is 0 Å². The summed E-state index contributed by atoms with van der Waals surface area (Å²) in [5.74, 6) is 6.21. The van der Waals surface area contributed by atoms with E-state index in [-0.39, 0.29) is 12.1 Å². The van der Waals surface area contributed by atoms with Gasteiger partial charge in [0, 0.05) is 11.8 Å². The zero-order chi connectivity index (χ0) is 14.9. The molecule has 0 aromatic carbocycles. The summed E-state index contributed by atoms with van der Waals surface area (Å²) in [5, 5.41) is 0. The molecule has 2 rings (SSSR count). The summed E-state index contributed by atoms with van der Waals surface area (Å²) >= 11 is 0. The Morgan fingerprint density at radius 1 is 1.40 bits per heavy atom. The summed E-state index contributed by atoms with van der Waals surface area (Å²) in [6.45, 7) is 5.39. The summed E-state index contributed by atoms with van der Waals surface area (Å²) in [4.78, 5) is 27.7. The maximum Gasteiger partial charge on any atom is 0.268 e. The van der Waals surface area contributed by atoms with E-state index in [1.807, 2.05) is 5.43 Å². The number of aryl methyl sites for hydroxylation is 3. The molecule has 7 nitrogen and oxygen atoms in total. The number of furan rings is 1. The molecule has 0 atom stereocenters. The number of hydrogen-bond donors (Lipinski definition) is 2. The summed E-state index contributed by atoms with van der Waals surface area (Å²) < 4.78 is 6.96. The molecular formula is C13H16N4O3. The van der Waals surface area contributed by atoms with Gasteiger partial charge in [-0.15, -0.1) is 0 Å². The SMILES string of the molecule is Cc1cc(=O)n(Cc2cc(C(=O)NN)c(C)o2)c(C)n1. The molecule has 0 fully saturated rings. The monoisotopic (exact) mass is 276 g/mol. The van der Waals surface area contributed by atoms with Crippen LogP contribution in [0.3, 0.4) is 0 Å². The highest BCUT2D eigenvalue weighted by Gasteiger charge is 2.15. The highest BCUT2D eigenvalue weighted by Crippen LogP contribution is 2.15. The van der Waals surface area contributed by atoms with Gasteiger partial charge in [-0.25, -0.2) is 10.8 Å². The molecule has 0 unspecified atom stereocenters. The third-order valence-electron chi connectivity index (χ3n) is 2.99. The van der Waals surface area contributed by atoms with Crippen LogP contribution in [0.1, 0.15) is 33.4 Å². The molecule has 0 bridgehead atoms. The normalized spacial score (nSPS) is 10.6. The molecule has 20 heavy (non-hydrogen) atoms. The molecule has 2 aromatic heterocycles. The second-order valence-electron chi connectivity index (χ2n) is 4.53. The molecule has 0 aliphatic carbocycles. The first-order valence-corrected chi connectivity index (χ1v) is 6.07. The summed E-state index contributed by atoms with van der Waals surface area (Å²) in [6.07, 6.45) is 0. The maximum atomic E-state index is 11.9. The van der Waals surface area contributed by atoms with E-state index in [1.165, 1.54) is 10.6 Å². The van der Waals surface area contributed by atoms with Crippen LogP contribution in [-0.4, -0.2) is 15.5 Å². The first kappa shape index (κ1) is 14.0. The van der Waals surface area contributed by atoms with Crippen molar-refractivity contribution in [2.75, 3.05) is 0 Å². The summed E-state index contributed by atoms with van der Waals surface area (Å²) in [5.41, 5.74) is 2.92. The standard InChI is InChI=1S/C13H16N4O3/c1-7-4-12(18)17(9(3)15-7)6-10-5-11(8(2)20-10)13(19)16-14/h4-5H,6,14H2,1-3H3,(H,16,19). The number of nitrogens with two attached hydrogens (primary N) is 1. The van der Waals surface area contributed by atoms with Crippen molar-refractivity contribution in [1.82, 2.24) is 15.0 Å². The third-order valence-corrected chi connectivity index (χ3v) is 2.99. The molecule has 2 aromatic rings. The highest BCUT2D eigenvalue weighted by atomic mass is 16.3.